The van der Waals surface area contributed by atoms with Crippen molar-refractivity contribution in [3.63, 3.8) is 0 Å². The third-order valence-corrected chi connectivity index (χ3v) is 11.0. The Morgan fingerprint density at radius 1 is 0.879 bits per heavy atom. The molecule has 0 bridgehead atoms. The van der Waals surface area contributed by atoms with E-state index in [9.17, 15) is 8.42 Å². The number of benzene rings is 2. The van der Waals surface area contributed by atoms with Crippen molar-refractivity contribution in [2.75, 3.05) is 24.5 Å². The molecule has 1 saturated carbocycles. The fourth-order valence-corrected chi connectivity index (χ4v) is 8.54. The van der Waals surface area contributed by atoms with Crippen molar-refractivity contribution in [1.29, 1.82) is 0 Å². The molecule has 180 valence electrons. The van der Waals surface area contributed by atoms with Gasteiger partial charge in [-0.25, -0.2) is 8.42 Å². The predicted octanol–water partition coefficient (Wildman–Crippen LogP) is 6.85. The van der Waals surface area contributed by atoms with Crippen LogP contribution in [0.2, 0.25) is 15.1 Å². The molecule has 1 aliphatic carbocycles. The summed E-state index contributed by atoms with van der Waals surface area (Å²) in [6.07, 6.45) is 0.939. The molecule has 10 heteroatoms. The number of anilines is 1. The molecule has 33 heavy (non-hydrogen) atoms. The second-order valence-electron chi connectivity index (χ2n) is 8.78. The molecule has 4 unspecified atom stereocenters. The normalized spacial score (nSPS) is 29.3. The van der Waals surface area contributed by atoms with E-state index < -0.39 is 20.7 Å². The van der Waals surface area contributed by atoms with Crippen molar-refractivity contribution in [3.8, 4) is 0 Å². The highest BCUT2D eigenvalue weighted by atomic mass is 35.5. The Kier molecular flexibility index (Phi) is 8.02. The minimum Gasteiger partial charge on any atom is -0.361 e. The fraction of sp³-hybridized carbons (Fsp3) is 0.478. The van der Waals surface area contributed by atoms with E-state index in [2.05, 4.69) is 4.90 Å². The van der Waals surface area contributed by atoms with E-state index in [0.29, 0.717) is 41.0 Å². The molecule has 2 aliphatic rings. The number of halogens is 5. The minimum absolute atomic E-state index is 0.186. The number of hydrogen-bond donors (Lipinski definition) is 0. The Balaban J connectivity index is 1.67. The van der Waals surface area contributed by atoms with Crippen molar-refractivity contribution in [2.24, 2.45) is 5.92 Å². The number of sulfonamides is 1. The van der Waals surface area contributed by atoms with Crippen LogP contribution in [0.3, 0.4) is 0 Å². The lowest BCUT2D eigenvalue weighted by molar-refractivity contribution is 0.319. The molecule has 4 rings (SSSR count). The van der Waals surface area contributed by atoms with Crippen molar-refractivity contribution in [3.05, 3.63) is 63.1 Å². The lowest BCUT2D eigenvalue weighted by Crippen LogP contribution is -2.55. The smallest absolute Gasteiger partial charge is 0.218 e. The Bertz CT molecular complexity index is 1100. The van der Waals surface area contributed by atoms with Gasteiger partial charge in [-0.1, -0.05) is 53.9 Å². The van der Waals surface area contributed by atoms with Crippen molar-refractivity contribution >= 4 is 73.7 Å². The van der Waals surface area contributed by atoms with Crippen LogP contribution in [-0.2, 0) is 10.0 Å². The summed E-state index contributed by atoms with van der Waals surface area (Å²) in [6.45, 7) is 3.08. The van der Waals surface area contributed by atoms with Gasteiger partial charge in [0, 0.05) is 35.1 Å². The van der Waals surface area contributed by atoms with E-state index in [1.807, 2.05) is 25.1 Å². The van der Waals surface area contributed by atoms with Gasteiger partial charge in [0.15, 0.2) is 0 Å². The summed E-state index contributed by atoms with van der Waals surface area (Å²) in [6, 6.07) is 12.5. The monoisotopic (exact) mass is 568 g/mol. The standard InChI is InChI=1S/C23H25Cl5N2O2S/c1-14-10-20(28)23(12-18(14)26)33(31,32)29-8-9-30(21-7-6-17(25)11-19(21)27)22(13-29)15-2-4-16(24)5-3-15/h2-7,11,14,18,20,22-23H,8-10,12-13H2,1H3/t14?,18-,20?,22?,23?/m1/s1. The first-order valence-electron chi connectivity index (χ1n) is 10.8. The summed E-state index contributed by atoms with van der Waals surface area (Å²) < 4.78 is 28.9. The Morgan fingerprint density at radius 3 is 2.21 bits per heavy atom. The number of hydrogen-bond acceptors (Lipinski definition) is 3. The van der Waals surface area contributed by atoms with Crippen LogP contribution < -0.4 is 4.90 Å². The summed E-state index contributed by atoms with van der Waals surface area (Å²) in [5.74, 6) is 0.186. The average molecular weight is 571 g/mol. The average Bonchev–Trinajstić information content (AvgIpc) is 2.76. The van der Waals surface area contributed by atoms with Crippen LogP contribution in [0.15, 0.2) is 42.5 Å². The van der Waals surface area contributed by atoms with Crippen LogP contribution in [0.1, 0.15) is 31.4 Å². The zero-order chi connectivity index (χ0) is 23.9. The highest BCUT2D eigenvalue weighted by Crippen LogP contribution is 2.40. The van der Waals surface area contributed by atoms with Gasteiger partial charge in [-0.05, 0) is 54.7 Å². The van der Waals surface area contributed by atoms with Gasteiger partial charge in [-0.2, -0.15) is 4.31 Å². The van der Waals surface area contributed by atoms with E-state index in [-0.39, 0.29) is 23.9 Å². The molecule has 0 spiro atoms. The summed E-state index contributed by atoms with van der Waals surface area (Å²) in [4.78, 5) is 2.12. The zero-order valence-electron chi connectivity index (χ0n) is 18.0. The second kappa shape index (κ2) is 10.3. The molecular formula is C23H25Cl5N2O2S. The van der Waals surface area contributed by atoms with E-state index in [4.69, 9.17) is 58.0 Å². The largest absolute Gasteiger partial charge is 0.361 e. The third-order valence-electron chi connectivity index (χ3n) is 6.63. The predicted molar refractivity (Wildman–Crippen MR) is 140 cm³/mol. The molecule has 0 radical (unpaired) electrons. The summed E-state index contributed by atoms with van der Waals surface area (Å²) in [5.41, 5.74) is 1.75. The molecule has 2 aromatic carbocycles. The fourth-order valence-electron chi connectivity index (χ4n) is 4.72. The maximum absolute atomic E-state index is 13.7. The first-order valence-corrected chi connectivity index (χ1v) is 14.3. The van der Waals surface area contributed by atoms with Gasteiger partial charge in [0.2, 0.25) is 10.0 Å². The van der Waals surface area contributed by atoms with Gasteiger partial charge in [-0.3, -0.25) is 0 Å². The number of piperazine rings is 1. The van der Waals surface area contributed by atoms with Gasteiger partial charge in [0.1, 0.15) is 0 Å². The van der Waals surface area contributed by atoms with Crippen LogP contribution in [0.4, 0.5) is 5.69 Å². The number of rotatable bonds is 4. The van der Waals surface area contributed by atoms with E-state index >= 15 is 0 Å². The molecular weight excluding hydrogens is 546 g/mol. The molecule has 1 saturated heterocycles. The van der Waals surface area contributed by atoms with Crippen LogP contribution in [0, 0.1) is 5.92 Å². The molecule has 1 heterocycles. The third kappa shape index (κ3) is 5.40. The lowest BCUT2D eigenvalue weighted by Gasteiger charge is -2.45. The zero-order valence-corrected chi connectivity index (χ0v) is 22.6. The number of nitrogens with zero attached hydrogens (tertiary/aromatic N) is 2. The van der Waals surface area contributed by atoms with Gasteiger partial charge in [0.25, 0.3) is 0 Å². The van der Waals surface area contributed by atoms with Crippen molar-refractivity contribution in [1.82, 2.24) is 4.31 Å². The minimum atomic E-state index is -3.65. The van der Waals surface area contributed by atoms with Gasteiger partial charge < -0.3 is 4.90 Å². The molecule has 0 aromatic heterocycles. The van der Waals surface area contributed by atoms with E-state index in [1.165, 1.54) is 0 Å². The van der Waals surface area contributed by atoms with Crippen LogP contribution in [-0.4, -0.2) is 48.4 Å². The molecule has 2 fully saturated rings. The quantitative estimate of drug-likeness (QED) is 0.378. The maximum Gasteiger partial charge on any atom is 0.218 e. The summed E-state index contributed by atoms with van der Waals surface area (Å²) in [7, 11) is -3.65. The molecule has 1 aliphatic heterocycles. The summed E-state index contributed by atoms with van der Waals surface area (Å²) in [5, 5.41) is 0.311. The molecule has 2 aromatic rings. The number of alkyl halides is 2. The highest BCUT2D eigenvalue weighted by molar-refractivity contribution is 7.89. The van der Waals surface area contributed by atoms with Gasteiger partial charge in [0.05, 0.1) is 27.4 Å². The van der Waals surface area contributed by atoms with E-state index in [0.717, 1.165) is 11.3 Å². The maximum atomic E-state index is 13.7. The molecule has 5 atom stereocenters. The highest BCUT2D eigenvalue weighted by Gasteiger charge is 2.45. The topological polar surface area (TPSA) is 40.6 Å². The molecule has 0 amide bonds. The van der Waals surface area contributed by atoms with Crippen molar-refractivity contribution < 1.29 is 8.42 Å². The Morgan fingerprint density at radius 2 is 1.55 bits per heavy atom. The Hall–Kier alpha value is -0.400. The van der Waals surface area contributed by atoms with Gasteiger partial charge >= 0.3 is 0 Å². The summed E-state index contributed by atoms with van der Waals surface area (Å²) >= 11 is 31.8. The van der Waals surface area contributed by atoms with Gasteiger partial charge in [-0.15, -0.1) is 23.2 Å². The molecule has 4 nitrogen and oxygen atoms in total. The van der Waals surface area contributed by atoms with Crippen LogP contribution in [0.5, 0.6) is 0 Å². The first-order chi connectivity index (χ1) is 15.6. The SMILES string of the molecule is CC1CC(Cl)C(S(=O)(=O)N2CCN(c3ccc(Cl)cc3Cl)C(c3ccc(Cl)cc3)C2)C[C@H]1Cl. The van der Waals surface area contributed by atoms with Crippen molar-refractivity contribution in [2.45, 2.75) is 41.8 Å². The first kappa shape index (κ1) is 25.7. The molecule has 0 N–H and O–H groups in total. The van der Waals surface area contributed by atoms with Crippen LogP contribution >= 0.6 is 58.0 Å². The van der Waals surface area contributed by atoms with Crippen LogP contribution in [0.25, 0.3) is 0 Å². The lowest BCUT2D eigenvalue weighted by atomic mass is 9.89. The van der Waals surface area contributed by atoms with E-state index in [1.54, 1.807) is 28.6 Å². The second-order valence-corrected chi connectivity index (χ2v) is 13.3. The Labute approximate surface area is 220 Å².